The van der Waals surface area contributed by atoms with Crippen molar-refractivity contribution in [2.75, 3.05) is 0 Å². The summed E-state index contributed by atoms with van der Waals surface area (Å²) in [6.45, 7) is 20.3. The van der Waals surface area contributed by atoms with Gasteiger partial charge in [-0.1, -0.05) is 70.8 Å². The molecule has 0 saturated heterocycles. The molecular formula is C24H41NO3Si2. The first kappa shape index (κ1) is 25.0. The van der Waals surface area contributed by atoms with Crippen molar-refractivity contribution in [1.29, 1.82) is 0 Å². The molecule has 4 nitrogen and oxygen atoms in total. The normalized spacial score (nSPS) is 24.5. The van der Waals surface area contributed by atoms with Gasteiger partial charge >= 0.3 is 0 Å². The van der Waals surface area contributed by atoms with Crippen LogP contribution in [0.1, 0.15) is 38.3 Å². The van der Waals surface area contributed by atoms with Gasteiger partial charge in [0, 0.05) is 33.7 Å². The molecule has 2 rings (SSSR count). The number of allylic oxidation sites excluding steroid dienone is 1. The third-order valence-electron chi connectivity index (χ3n) is 6.09. The van der Waals surface area contributed by atoms with Gasteiger partial charge in [0.1, 0.15) is 0 Å². The molecule has 0 bridgehead atoms. The SMILES string of the molecule is CC1=CC(O)(C[Si](C)(C)C)C(Cc2ccc([N+](=O)[O-])c(C[Si](C)(C)C)c2)C(C)(C)C1. The van der Waals surface area contributed by atoms with E-state index in [-0.39, 0.29) is 21.9 Å². The molecule has 0 aliphatic heterocycles. The van der Waals surface area contributed by atoms with Gasteiger partial charge < -0.3 is 5.11 Å². The monoisotopic (exact) mass is 447 g/mol. The maximum atomic E-state index is 11.9. The molecular weight excluding hydrogens is 406 g/mol. The lowest BCUT2D eigenvalue weighted by molar-refractivity contribution is -0.385. The Morgan fingerprint density at radius 2 is 1.73 bits per heavy atom. The molecule has 0 spiro atoms. The molecule has 168 valence electrons. The molecule has 2 unspecified atom stereocenters. The fourth-order valence-corrected chi connectivity index (χ4v) is 8.94. The van der Waals surface area contributed by atoms with Gasteiger partial charge in [-0.05, 0) is 48.9 Å². The summed E-state index contributed by atoms with van der Waals surface area (Å²) in [4.78, 5) is 11.3. The van der Waals surface area contributed by atoms with Crippen LogP contribution in [-0.2, 0) is 12.5 Å². The molecule has 0 radical (unpaired) electrons. The molecule has 0 heterocycles. The Kier molecular flexibility index (Phi) is 6.97. The van der Waals surface area contributed by atoms with Gasteiger partial charge in [-0.2, -0.15) is 0 Å². The summed E-state index contributed by atoms with van der Waals surface area (Å²) in [5.41, 5.74) is 2.60. The third-order valence-corrected chi connectivity index (χ3v) is 9.16. The molecule has 1 aromatic carbocycles. The first-order chi connectivity index (χ1) is 13.4. The molecule has 6 heteroatoms. The second kappa shape index (κ2) is 8.36. The number of benzene rings is 1. The summed E-state index contributed by atoms with van der Waals surface area (Å²) in [6.07, 6.45) is 3.84. The van der Waals surface area contributed by atoms with E-state index in [0.29, 0.717) is 0 Å². The van der Waals surface area contributed by atoms with Crippen LogP contribution >= 0.6 is 0 Å². The second-order valence-electron chi connectivity index (χ2n) is 12.6. The smallest absolute Gasteiger partial charge is 0.272 e. The van der Waals surface area contributed by atoms with Crippen molar-refractivity contribution in [1.82, 2.24) is 0 Å². The van der Waals surface area contributed by atoms with E-state index < -0.39 is 21.7 Å². The second-order valence-corrected chi connectivity index (χ2v) is 23.5. The van der Waals surface area contributed by atoms with Crippen LogP contribution in [0.5, 0.6) is 0 Å². The number of rotatable bonds is 7. The number of nitrogens with zero attached hydrogens (tertiary/aromatic N) is 1. The van der Waals surface area contributed by atoms with Gasteiger partial charge in [0.2, 0.25) is 0 Å². The fourth-order valence-electron chi connectivity index (χ4n) is 5.47. The van der Waals surface area contributed by atoms with Crippen molar-refractivity contribution in [3.8, 4) is 0 Å². The summed E-state index contributed by atoms with van der Waals surface area (Å²) >= 11 is 0. The number of hydrogen-bond acceptors (Lipinski definition) is 3. The average Bonchev–Trinajstić information content (AvgIpc) is 2.46. The zero-order chi connectivity index (χ0) is 23.1. The Balaban J connectivity index is 2.49. The quantitative estimate of drug-likeness (QED) is 0.221. The van der Waals surface area contributed by atoms with Crippen LogP contribution in [0.3, 0.4) is 0 Å². The van der Waals surface area contributed by atoms with Crippen molar-refractivity contribution < 1.29 is 10.0 Å². The highest BCUT2D eigenvalue weighted by Gasteiger charge is 2.48. The van der Waals surface area contributed by atoms with E-state index in [0.717, 1.165) is 36.1 Å². The third kappa shape index (κ3) is 6.38. The topological polar surface area (TPSA) is 63.4 Å². The van der Waals surface area contributed by atoms with Crippen molar-refractivity contribution >= 4 is 21.8 Å². The van der Waals surface area contributed by atoms with Crippen LogP contribution in [0.2, 0.25) is 45.3 Å². The Morgan fingerprint density at radius 1 is 1.13 bits per heavy atom. The van der Waals surface area contributed by atoms with Crippen LogP contribution in [0, 0.1) is 21.4 Å². The van der Waals surface area contributed by atoms with E-state index in [4.69, 9.17) is 0 Å². The van der Waals surface area contributed by atoms with E-state index >= 15 is 0 Å². The molecule has 0 fully saturated rings. The van der Waals surface area contributed by atoms with Crippen molar-refractivity contribution in [3.63, 3.8) is 0 Å². The van der Waals surface area contributed by atoms with E-state index in [1.54, 1.807) is 6.07 Å². The highest BCUT2D eigenvalue weighted by Crippen LogP contribution is 2.50. The van der Waals surface area contributed by atoms with Gasteiger partial charge in [-0.15, -0.1) is 0 Å². The van der Waals surface area contributed by atoms with Gasteiger partial charge in [0.05, 0.1) is 10.5 Å². The summed E-state index contributed by atoms with van der Waals surface area (Å²) < 4.78 is 0. The lowest BCUT2D eigenvalue weighted by atomic mass is 9.61. The predicted octanol–water partition coefficient (Wildman–Crippen LogP) is 6.62. The highest BCUT2D eigenvalue weighted by atomic mass is 28.3. The lowest BCUT2D eigenvalue weighted by Gasteiger charge is -2.50. The summed E-state index contributed by atoms with van der Waals surface area (Å²) in [7, 11) is -3.02. The summed E-state index contributed by atoms with van der Waals surface area (Å²) in [5, 5.41) is 23.5. The molecule has 0 amide bonds. The van der Waals surface area contributed by atoms with E-state index in [1.165, 1.54) is 5.57 Å². The standard InChI is InChI=1S/C24H41NO3Si2/c1-18-14-23(2,3)22(24(26,15-18)17-30(7,8)9)13-19-10-11-21(25(27)28)20(12-19)16-29(4,5)6/h10-12,15,22,26H,13-14,16-17H2,1-9H3. The van der Waals surface area contributed by atoms with Crippen molar-refractivity contribution in [2.45, 2.75) is 90.6 Å². The first-order valence-electron chi connectivity index (χ1n) is 11.1. The van der Waals surface area contributed by atoms with Gasteiger partial charge in [-0.3, -0.25) is 10.1 Å². The van der Waals surface area contributed by atoms with Crippen LogP contribution < -0.4 is 0 Å². The maximum absolute atomic E-state index is 11.9. The molecule has 0 saturated carbocycles. The van der Waals surface area contributed by atoms with Gasteiger partial charge in [0.15, 0.2) is 0 Å². The largest absolute Gasteiger partial charge is 0.386 e. The number of hydrogen-bond donors (Lipinski definition) is 1. The van der Waals surface area contributed by atoms with Crippen LogP contribution in [0.4, 0.5) is 5.69 Å². The minimum Gasteiger partial charge on any atom is -0.386 e. The number of nitro benzene ring substituents is 1. The predicted molar refractivity (Wildman–Crippen MR) is 133 cm³/mol. The Bertz CT molecular complexity index is 834. The van der Waals surface area contributed by atoms with E-state index in [9.17, 15) is 15.2 Å². The van der Waals surface area contributed by atoms with Crippen LogP contribution in [0.25, 0.3) is 0 Å². The van der Waals surface area contributed by atoms with Crippen LogP contribution in [-0.4, -0.2) is 31.8 Å². The summed E-state index contributed by atoms with van der Waals surface area (Å²) in [5.74, 6) is 0.0848. The summed E-state index contributed by atoms with van der Waals surface area (Å²) in [6, 6.07) is 7.26. The minimum atomic E-state index is -1.51. The zero-order valence-corrected chi connectivity index (χ0v) is 22.4. The molecule has 0 aromatic heterocycles. The van der Waals surface area contributed by atoms with E-state index in [1.807, 2.05) is 12.1 Å². The molecule has 1 N–H and O–H groups in total. The maximum Gasteiger partial charge on any atom is 0.272 e. The minimum absolute atomic E-state index is 0.0338. The molecule has 1 aliphatic carbocycles. The van der Waals surface area contributed by atoms with Gasteiger partial charge in [-0.25, -0.2) is 0 Å². The Morgan fingerprint density at radius 3 is 2.23 bits per heavy atom. The average molecular weight is 448 g/mol. The zero-order valence-electron chi connectivity index (χ0n) is 20.4. The number of aliphatic hydroxyl groups is 1. The van der Waals surface area contributed by atoms with E-state index in [2.05, 4.69) is 66.1 Å². The first-order valence-corrected chi connectivity index (χ1v) is 18.5. The number of nitro groups is 1. The Labute approximate surface area is 185 Å². The Hall–Kier alpha value is -1.25. The molecule has 1 aromatic rings. The molecule has 30 heavy (non-hydrogen) atoms. The highest BCUT2D eigenvalue weighted by molar-refractivity contribution is 6.76. The molecule has 2 atom stereocenters. The van der Waals surface area contributed by atoms with Crippen molar-refractivity contribution in [2.24, 2.45) is 11.3 Å². The van der Waals surface area contributed by atoms with Crippen molar-refractivity contribution in [3.05, 3.63) is 51.1 Å². The fraction of sp³-hybridized carbons (Fsp3) is 0.667. The van der Waals surface area contributed by atoms with Gasteiger partial charge in [0.25, 0.3) is 5.69 Å². The van der Waals surface area contributed by atoms with Crippen LogP contribution in [0.15, 0.2) is 29.8 Å². The lowest BCUT2D eigenvalue weighted by Crippen LogP contribution is -2.51. The molecule has 1 aliphatic rings.